The Morgan fingerprint density at radius 1 is 1.47 bits per heavy atom. The van der Waals surface area contributed by atoms with E-state index in [1.807, 2.05) is 36.2 Å². The molecule has 3 heteroatoms. The second kappa shape index (κ2) is 5.32. The third kappa shape index (κ3) is 3.30. The van der Waals surface area contributed by atoms with Crippen molar-refractivity contribution in [2.24, 2.45) is 11.7 Å². The average Bonchev–Trinajstić information content (AvgIpc) is 3.13. The van der Waals surface area contributed by atoms with Crippen molar-refractivity contribution >= 4 is 5.91 Å². The van der Waals surface area contributed by atoms with Gasteiger partial charge in [-0.05, 0) is 49.4 Å². The highest BCUT2D eigenvalue weighted by atomic mass is 16.2. The molecule has 0 aromatic heterocycles. The summed E-state index contributed by atoms with van der Waals surface area (Å²) in [7, 11) is 1.89. The Bertz CT molecular complexity index is 399. The standard InChI is InChI=1S/C14H20N2O/c1-16(10-12-5-6-12)14(17)13-4-2-3-11(9-13)7-8-15/h2-4,9,12H,5-8,10,15H2,1H3. The molecule has 0 aliphatic heterocycles. The molecule has 0 radical (unpaired) electrons. The van der Waals surface area contributed by atoms with Gasteiger partial charge in [-0.1, -0.05) is 12.1 Å². The number of carbonyl (C=O) groups excluding carboxylic acids is 1. The van der Waals surface area contributed by atoms with Crippen LogP contribution in [0.5, 0.6) is 0 Å². The van der Waals surface area contributed by atoms with Crippen LogP contribution in [-0.4, -0.2) is 30.9 Å². The van der Waals surface area contributed by atoms with Crippen LogP contribution in [0, 0.1) is 5.92 Å². The molecule has 2 rings (SSSR count). The summed E-state index contributed by atoms with van der Waals surface area (Å²) in [6.45, 7) is 1.51. The first-order valence-electron chi connectivity index (χ1n) is 6.25. The minimum absolute atomic E-state index is 0.121. The van der Waals surface area contributed by atoms with Gasteiger partial charge in [0.1, 0.15) is 0 Å². The van der Waals surface area contributed by atoms with E-state index < -0.39 is 0 Å². The normalized spacial score (nSPS) is 14.7. The third-order valence-electron chi connectivity index (χ3n) is 3.18. The van der Waals surface area contributed by atoms with E-state index in [9.17, 15) is 4.79 Å². The fourth-order valence-corrected chi connectivity index (χ4v) is 2.02. The molecule has 1 saturated carbocycles. The molecule has 0 bridgehead atoms. The zero-order valence-electron chi connectivity index (χ0n) is 10.4. The molecule has 92 valence electrons. The Kier molecular flexibility index (Phi) is 3.79. The number of hydrogen-bond donors (Lipinski definition) is 1. The first-order chi connectivity index (χ1) is 8.20. The monoisotopic (exact) mass is 232 g/mol. The zero-order valence-corrected chi connectivity index (χ0v) is 10.4. The molecule has 1 aromatic carbocycles. The quantitative estimate of drug-likeness (QED) is 0.839. The number of rotatable bonds is 5. The van der Waals surface area contributed by atoms with Crippen molar-refractivity contribution in [3.8, 4) is 0 Å². The van der Waals surface area contributed by atoms with Gasteiger partial charge in [-0.2, -0.15) is 0 Å². The Balaban J connectivity index is 2.03. The molecular weight excluding hydrogens is 212 g/mol. The van der Waals surface area contributed by atoms with Crippen LogP contribution < -0.4 is 5.73 Å². The lowest BCUT2D eigenvalue weighted by molar-refractivity contribution is 0.0788. The van der Waals surface area contributed by atoms with Gasteiger partial charge in [0, 0.05) is 19.2 Å². The van der Waals surface area contributed by atoms with Gasteiger partial charge in [0.05, 0.1) is 0 Å². The van der Waals surface area contributed by atoms with Gasteiger partial charge in [0.15, 0.2) is 0 Å². The van der Waals surface area contributed by atoms with Crippen molar-refractivity contribution in [2.75, 3.05) is 20.1 Å². The molecule has 1 fully saturated rings. The summed E-state index contributed by atoms with van der Waals surface area (Å²) in [6.07, 6.45) is 3.36. The topological polar surface area (TPSA) is 46.3 Å². The van der Waals surface area contributed by atoms with Crippen molar-refractivity contribution in [3.63, 3.8) is 0 Å². The van der Waals surface area contributed by atoms with E-state index in [1.54, 1.807) is 0 Å². The maximum Gasteiger partial charge on any atom is 0.253 e. The van der Waals surface area contributed by atoms with Crippen molar-refractivity contribution < 1.29 is 4.79 Å². The zero-order chi connectivity index (χ0) is 12.3. The smallest absolute Gasteiger partial charge is 0.253 e. The van der Waals surface area contributed by atoms with E-state index >= 15 is 0 Å². The van der Waals surface area contributed by atoms with Crippen molar-refractivity contribution in [3.05, 3.63) is 35.4 Å². The summed E-state index contributed by atoms with van der Waals surface area (Å²) in [5, 5.41) is 0. The molecular formula is C14H20N2O. The Labute approximate surface area is 103 Å². The number of benzene rings is 1. The first kappa shape index (κ1) is 12.1. The molecule has 0 unspecified atom stereocenters. The molecule has 0 saturated heterocycles. The summed E-state index contributed by atoms with van der Waals surface area (Å²) in [5.41, 5.74) is 7.44. The van der Waals surface area contributed by atoms with E-state index in [2.05, 4.69) is 0 Å². The van der Waals surface area contributed by atoms with Crippen LogP contribution in [0.15, 0.2) is 24.3 Å². The highest BCUT2D eigenvalue weighted by molar-refractivity contribution is 5.94. The predicted molar refractivity (Wildman–Crippen MR) is 68.9 cm³/mol. The largest absolute Gasteiger partial charge is 0.341 e. The Morgan fingerprint density at radius 2 is 2.24 bits per heavy atom. The molecule has 17 heavy (non-hydrogen) atoms. The lowest BCUT2D eigenvalue weighted by atomic mass is 10.1. The summed E-state index contributed by atoms with van der Waals surface area (Å²) in [5.74, 6) is 0.854. The van der Waals surface area contributed by atoms with Crippen molar-refractivity contribution in [2.45, 2.75) is 19.3 Å². The van der Waals surface area contributed by atoms with E-state index in [0.717, 1.165) is 30.0 Å². The van der Waals surface area contributed by atoms with Gasteiger partial charge in [0.25, 0.3) is 5.91 Å². The minimum atomic E-state index is 0.121. The molecule has 1 aliphatic carbocycles. The second-order valence-corrected chi connectivity index (χ2v) is 4.87. The Hall–Kier alpha value is -1.35. The third-order valence-corrected chi connectivity index (χ3v) is 3.18. The number of carbonyl (C=O) groups is 1. The van der Waals surface area contributed by atoms with Crippen molar-refractivity contribution in [1.82, 2.24) is 4.90 Å². The lowest BCUT2D eigenvalue weighted by Gasteiger charge is -2.17. The number of amides is 1. The van der Waals surface area contributed by atoms with Gasteiger partial charge < -0.3 is 10.6 Å². The highest BCUT2D eigenvalue weighted by Crippen LogP contribution is 2.29. The molecule has 0 atom stereocenters. The molecule has 1 aromatic rings. The van der Waals surface area contributed by atoms with Crippen LogP contribution in [0.3, 0.4) is 0 Å². The molecule has 0 spiro atoms. The number of nitrogens with zero attached hydrogens (tertiary/aromatic N) is 1. The van der Waals surface area contributed by atoms with Gasteiger partial charge in [-0.25, -0.2) is 0 Å². The number of hydrogen-bond acceptors (Lipinski definition) is 2. The SMILES string of the molecule is CN(CC1CC1)C(=O)c1cccc(CCN)c1. The van der Waals surface area contributed by atoms with Gasteiger partial charge >= 0.3 is 0 Å². The summed E-state index contributed by atoms with van der Waals surface area (Å²) < 4.78 is 0. The first-order valence-corrected chi connectivity index (χ1v) is 6.25. The van der Waals surface area contributed by atoms with Gasteiger partial charge in [-0.3, -0.25) is 4.79 Å². The van der Waals surface area contributed by atoms with E-state index in [0.29, 0.717) is 6.54 Å². The lowest BCUT2D eigenvalue weighted by Crippen LogP contribution is -2.28. The summed E-state index contributed by atoms with van der Waals surface area (Å²) >= 11 is 0. The van der Waals surface area contributed by atoms with E-state index in [-0.39, 0.29) is 5.91 Å². The van der Waals surface area contributed by atoms with Crippen molar-refractivity contribution in [1.29, 1.82) is 0 Å². The van der Waals surface area contributed by atoms with Crippen LogP contribution >= 0.6 is 0 Å². The maximum absolute atomic E-state index is 12.2. The fourth-order valence-electron chi connectivity index (χ4n) is 2.02. The van der Waals surface area contributed by atoms with Gasteiger partial charge in [0.2, 0.25) is 0 Å². The molecule has 2 N–H and O–H groups in total. The Morgan fingerprint density at radius 3 is 2.88 bits per heavy atom. The van der Waals surface area contributed by atoms with Crippen LogP contribution in [0.25, 0.3) is 0 Å². The fraction of sp³-hybridized carbons (Fsp3) is 0.500. The van der Waals surface area contributed by atoms with E-state index in [4.69, 9.17) is 5.73 Å². The molecule has 1 aliphatic rings. The van der Waals surface area contributed by atoms with Crippen LogP contribution in [0.4, 0.5) is 0 Å². The van der Waals surface area contributed by atoms with Crippen LogP contribution in [0.1, 0.15) is 28.8 Å². The highest BCUT2D eigenvalue weighted by Gasteiger charge is 2.25. The maximum atomic E-state index is 12.2. The van der Waals surface area contributed by atoms with Crippen LogP contribution in [-0.2, 0) is 6.42 Å². The summed E-state index contributed by atoms with van der Waals surface area (Å²) in [4.78, 5) is 14.0. The summed E-state index contributed by atoms with van der Waals surface area (Å²) in [6, 6.07) is 7.79. The van der Waals surface area contributed by atoms with Crippen LogP contribution in [0.2, 0.25) is 0 Å². The predicted octanol–water partition coefficient (Wildman–Crippen LogP) is 1.67. The average molecular weight is 232 g/mol. The molecule has 1 amide bonds. The second-order valence-electron chi connectivity index (χ2n) is 4.87. The van der Waals surface area contributed by atoms with Gasteiger partial charge in [-0.15, -0.1) is 0 Å². The van der Waals surface area contributed by atoms with E-state index in [1.165, 1.54) is 12.8 Å². The molecule has 0 heterocycles. The molecule has 3 nitrogen and oxygen atoms in total. The minimum Gasteiger partial charge on any atom is -0.341 e. The number of nitrogens with two attached hydrogens (primary N) is 1.